The van der Waals surface area contributed by atoms with Gasteiger partial charge in [-0.3, -0.25) is 0 Å². The summed E-state index contributed by atoms with van der Waals surface area (Å²) in [6.45, 7) is 3.70. The monoisotopic (exact) mass is 328 g/mol. The van der Waals surface area contributed by atoms with E-state index in [1.165, 1.54) is 12.8 Å². The smallest absolute Gasteiger partial charge is 0.336 e. The Hall–Kier alpha value is -0.740. The number of allylic oxidation sites excluding steroid dienone is 1. The number of benzene rings is 1. The van der Waals surface area contributed by atoms with Gasteiger partial charge >= 0.3 is 5.97 Å². The molecule has 0 atom stereocenters. The molecule has 2 nitrogen and oxygen atoms in total. The SMILES string of the molecule is C=CCCCCCSc1ccc(Br)c(C(=O)O)c1. The molecule has 1 aromatic carbocycles. The van der Waals surface area contributed by atoms with Gasteiger partial charge in [0, 0.05) is 9.37 Å². The highest BCUT2D eigenvalue weighted by molar-refractivity contribution is 9.10. The Labute approximate surface area is 121 Å². The molecule has 1 N–H and O–H groups in total. The Morgan fingerprint density at radius 2 is 2.17 bits per heavy atom. The minimum atomic E-state index is -0.893. The average Bonchev–Trinajstić information content (AvgIpc) is 2.35. The van der Waals surface area contributed by atoms with Gasteiger partial charge in [0.1, 0.15) is 0 Å². The number of carbonyl (C=O) groups is 1. The number of carboxylic acids is 1. The number of halogens is 1. The molecule has 0 aromatic heterocycles. The summed E-state index contributed by atoms with van der Waals surface area (Å²) in [6.07, 6.45) is 6.55. The Balaban J connectivity index is 2.41. The minimum absolute atomic E-state index is 0.326. The van der Waals surface area contributed by atoms with Crippen molar-refractivity contribution in [3.05, 3.63) is 40.9 Å². The lowest BCUT2D eigenvalue weighted by atomic mass is 10.2. The van der Waals surface area contributed by atoms with Crippen LogP contribution in [0.2, 0.25) is 0 Å². The van der Waals surface area contributed by atoms with Crippen molar-refractivity contribution >= 4 is 33.7 Å². The van der Waals surface area contributed by atoms with E-state index in [4.69, 9.17) is 5.11 Å². The molecule has 0 bridgehead atoms. The van der Waals surface area contributed by atoms with Crippen LogP contribution < -0.4 is 0 Å². The van der Waals surface area contributed by atoms with E-state index in [1.54, 1.807) is 23.9 Å². The standard InChI is InChI=1S/C14H17BrO2S/c1-2-3-4-5-6-9-18-11-7-8-13(15)12(10-11)14(16)17/h2,7-8,10H,1,3-6,9H2,(H,16,17). The van der Waals surface area contributed by atoms with E-state index >= 15 is 0 Å². The van der Waals surface area contributed by atoms with Crippen LogP contribution >= 0.6 is 27.7 Å². The molecule has 0 spiro atoms. The van der Waals surface area contributed by atoms with E-state index in [2.05, 4.69) is 22.5 Å². The highest BCUT2D eigenvalue weighted by Gasteiger charge is 2.08. The van der Waals surface area contributed by atoms with Gasteiger partial charge in [-0.2, -0.15) is 0 Å². The van der Waals surface area contributed by atoms with Crippen LogP contribution in [0.5, 0.6) is 0 Å². The van der Waals surface area contributed by atoms with Crippen LogP contribution in [0.3, 0.4) is 0 Å². The molecule has 0 fully saturated rings. The van der Waals surface area contributed by atoms with Crippen molar-refractivity contribution in [3.8, 4) is 0 Å². The first kappa shape index (κ1) is 15.3. The maximum atomic E-state index is 11.0. The van der Waals surface area contributed by atoms with Crippen LogP contribution in [-0.2, 0) is 0 Å². The zero-order chi connectivity index (χ0) is 13.4. The molecule has 0 aliphatic rings. The number of unbranched alkanes of at least 4 members (excludes halogenated alkanes) is 3. The van der Waals surface area contributed by atoms with Crippen LogP contribution in [0.25, 0.3) is 0 Å². The normalized spacial score (nSPS) is 10.3. The average molecular weight is 329 g/mol. The quantitative estimate of drug-likeness (QED) is 0.415. The Morgan fingerprint density at radius 1 is 1.39 bits per heavy atom. The van der Waals surface area contributed by atoms with Crippen molar-refractivity contribution in [1.82, 2.24) is 0 Å². The van der Waals surface area contributed by atoms with Gasteiger partial charge in [-0.25, -0.2) is 4.79 Å². The van der Waals surface area contributed by atoms with Crippen LogP contribution in [0, 0.1) is 0 Å². The summed E-state index contributed by atoms with van der Waals surface area (Å²) >= 11 is 4.95. The fourth-order valence-electron chi connectivity index (χ4n) is 1.52. The second-order valence-electron chi connectivity index (χ2n) is 3.93. The van der Waals surface area contributed by atoms with E-state index in [0.29, 0.717) is 10.0 Å². The molecule has 0 unspecified atom stereocenters. The summed E-state index contributed by atoms with van der Waals surface area (Å²) < 4.78 is 0.630. The summed E-state index contributed by atoms with van der Waals surface area (Å²) in [4.78, 5) is 12.0. The predicted octanol–water partition coefficient (Wildman–Crippen LogP) is 4.99. The van der Waals surface area contributed by atoms with Crippen molar-refractivity contribution < 1.29 is 9.90 Å². The maximum absolute atomic E-state index is 11.0. The summed E-state index contributed by atoms with van der Waals surface area (Å²) in [5, 5.41) is 9.01. The molecular formula is C14H17BrO2S. The lowest BCUT2D eigenvalue weighted by Gasteiger charge is -2.04. The number of hydrogen-bond acceptors (Lipinski definition) is 2. The molecule has 1 aromatic rings. The second kappa shape index (κ2) is 8.38. The van der Waals surface area contributed by atoms with Gasteiger partial charge < -0.3 is 5.11 Å². The van der Waals surface area contributed by atoms with Gasteiger partial charge in [0.25, 0.3) is 0 Å². The van der Waals surface area contributed by atoms with E-state index in [1.807, 2.05) is 12.1 Å². The number of aromatic carboxylic acids is 1. The molecule has 0 heterocycles. The molecule has 98 valence electrons. The third-order valence-corrected chi connectivity index (χ3v) is 4.26. The van der Waals surface area contributed by atoms with E-state index < -0.39 is 5.97 Å². The van der Waals surface area contributed by atoms with E-state index in [9.17, 15) is 4.79 Å². The molecule has 0 aliphatic heterocycles. The van der Waals surface area contributed by atoms with Gasteiger partial charge in [-0.1, -0.05) is 12.5 Å². The van der Waals surface area contributed by atoms with Crippen LogP contribution in [0.1, 0.15) is 36.0 Å². The first-order chi connectivity index (χ1) is 8.65. The molecule has 0 saturated heterocycles. The topological polar surface area (TPSA) is 37.3 Å². The number of thioether (sulfide) groups is 1. The third kappa shape index (κ3) is 5.27. The largest absolute Gasteiger partial charge is 0.478 e. The summed E-state index contributed by atoms with van der Waals surface area (Å²) in [7, 11) is 0. The predicted molar refractivity (Wildman–Crippen MR) is 80.5 cm³/mol. The van der Waals surface area contributed by atoms with E-state index in [-0.39, 0.29) is 0 Å². The van der Waals surface area contributed by atoms with Crippen molar-refractivity contribution in [2.24, 2.45) is 0 Å². The Bertz CT molecular complexity index is 418. The molecule has 0 amide bonds. The summed E-state index contributed by atoms with van der Waals surface area (Å²) in [5.41, 5.74) is 0.326. The van der Waals surface area contributed by atoms with Crippen molar-refractivity contribution in [2.45, 2.75) is 30.6 Å². The molecule has 18 heavy (non-hydrogen) atoms. The maximum Gasteiger partial charge on any atom is 0.336 e. The molecular weight excluding hydrogens is 312 g/mol. The molecule has 1 rings (SSSR count). The highest BCUT2D eigenvalue weighted by Crippen LogP contribution is 2.25. The number of carboxylic acid groups (broad SMARTS) is 1. The summed E-state index contributed by atoms with van der Waals surface area (Å²) in [5.74, 6) is 0.132. The third-order valence-electron chi connectivity index (χ3n) is 2.49. The van der Waals surface area contributed by atoms with Crippen molar-refractivity contribution in [1.29, 1.82) is 0 Å². The van der Waals surface area contributed by atoms with Gasteiger partial charge in [0.2, 0.25) is 0 Å². The Kier molecular flexibility index (Phi) is 7.13. The van der Waals surface area contributed by atoms with Gasteiger partial charge in [-0.15, -0.1) is 18.3 Å². The fourth-order valence-corrected chi connectivity index (χ4v) is 2.88. The van der Waals surface area contributed by atoms with Crippen LogP contribution in [0.15, 0.2) is 40.2 Å². The van der Waals surface area contributed by atoms with Gasteiger partial charge in [0.05, 0.1) is 5.56 Å². The first-order valence-corrected chi connectivity index (χ1v) is 7.69. The van der Waals surface area contributed by atoms with E-state index in [0.717, 1.165) is 23.5 Å². The first-order valence-electron chi connectivity index (χ1n) is 5.91. The van der Waals surface area contributed by atoms with Crippen LogP contribution in [-0.4, -0.2) is 16.8 Å². The fraction of sp³-hybridized carbons (Fsp3) is 0.357. The highest BCUT2D eigenvalue weighted by atomic mass is 79.9. The number of hydrogen-bond donors (Lipinski definition) is 1. The lowest BCUT2D eigenvalue weighted by molar-refractivity contribution is 0.0695. The molecule has 0 saturated carbocycles. The van der Waals surface area contributed by atoms with Crippen molar-refractivity contribution in [2.75, 3.05) is 5.75 Å². The Morgan fingerprint density at radius 3 is 2.83 bits per heavy atom. The van der Waals surface area contributed by atoms with Crippen LogP contribution in [0.4, 0.5) is 0 Å². The molecule has 0 aliphatic carbocycles. The summed E-state index contributed by atoms with van der Waals surface area (Å²) in [6, 6.07) is 5.47. The molecule has 4 heteroatoms. The zero-order valence-electron chi connectivity index (χ0n) is 10.2. The van der Waals surface area contributed by atoms with Crippen molar-refractivity contribution in [3.63, 3.8) is 0 Å². The zero-order valence-corrected chi connectivity index (χ0v) is 12.6. The lowest BCUT2D eigenvalue weighted by Crippen LogP contribution is -1.97. The van der Waals surface area contributed by atoms with Gasteiger partial charge in [0.15, 0.2) is 0 Å². The minimum Gasteiger partial charge on any atom is -0.478 e. The number of rotatable bonds is 8. The second-order valence-corrected chi connectivity index (χ2v) is 5.96. The molecule has 0 radical (unpaired) electrons. The van der Waals surface area contributed by atoms with Gasteiger partial charge in [-0.05, 0) is 59.1 Å².